The van der Waals surface area contributed by atoms with Crippen LogP contribution in [0.5, 0.6) is 0 Å². The number of sulfonamides is 1. The Hall–Kier alpha value is -1.93. The van der Waals surface area contributed by atoms with Gasteiger partial charge in [0.2, 0.25) is 10.0 Å². The summed E-state index contributed by atoms with van der Waals surface area (Å²) in [5.41, 5.74) is -0.348. The van der Waals surface area contributed by atoms with Crippen LogP contribution in [0.25, 0.3) is 0 Å². The average molecular weight is 319 g/mol. The molecule has 8 heteroatoms. The lowest BCUT2D eigenvalue weighted by atomic mass is 10.2. The van der Waals surface area contributed by atoms with Gasteiger partial charge in [-0.1, -0.05) is 6.07 Å². The lowest BCUT2D eigenvalue weighted by molar-refractivity contribution is 0.440. The second-order valence-electron chi connectivity index (χ2n) is 4.11. The fourth-order valence-corrected chi connectivity index (χ4v) is 2.58. The summed E-state index contributed by atoms with van der Waals surface area (Å²) in [6.45, 7) is -0.567. The van der Waals surface area contributed by atoms with Crippen LogP contribution in [0.1, 0.15) is 5.56 Å². The average Bonchev–Trinajstić information content (AvgIpc) is 2.44. The Bertz CT molecular complexity index is 760. The zero-order valence-electron chi connectivity index (χ0n) is 10.4. The molecule has 21 heavy (non-hydrogen) atoms. The number of benzene rings is 2. The molecular weight excluding hydrogens is 310 g/mol. The van der Waals surface area contributed by atoms with E-state index in [1.54, 1.807) is 0 Å². The van der Waals surface area contributed by atoms with Crippen LogP contribution in [0, 0.1) is 23.3 Å². The van der Waals surface area contributed by atoms with Crippen LogP contribution in [0.3, 0.4) is 0 Å². The van der Waals surface area contributed by atoms with Crippen LogP contribution in [-0.2, 0) is 16.6 Å². The third kappa shape index (κ3) is 3.40. The molecule has 0 radical (unpaired) electrons. The van der Waals surface area contributed by atoms with E-state index in [0.717, 1.165) is 30.3 Å². The molecule has 0 heterocycles. The van der Waals surface area contributed by atoms with Crippen LogP contribution in [0.15, 0.2) is 41.3 Å². The molecule has 0 amide bonds. The lowest BCUT2D eigenvalue weighted by Crippen LogP contribution is -2.24. The van der Waals surface area contributed by atoms with Gasteiger partial charge in [0, 0.05) is 12.1 Å². The van der Waals surface area contributed by atoms with Gasteiger partial charge >= 0.3 is 0 Å². The van der Waals surface area contributed by atoms with Crippen molar-refractivity contribution < 1.29 is 26.0 Å². The Morgan fingerprint density at radius 3 is 2.10 bits per heavy atom. The molecule has 0 saturated carbocycles. The molecule has 2 aromatic carbocycles. The van der Waals surface area contributed by atoms with Crippen molar-refractivity contribution in [2.75, 3.05) is 0 Å². The number of rotatable bonds is 4. The number of nitrogens with one attached hydrogen (secondary N) is 1. The van der Waals surface area contributed by atoms with Gasteiger partial charge in [-0.3, -0.25) is 0 Å². The van der Waals surface area contributed by atoms with Gasteiger partial charge in [0.1, 0.15) is 5.82 Å². The van der Waals surface area contributed by atoms with E-state index in [-0.39, 0.29) is 10.5 Å². The van der Waals surface area contributed by atoms with Gasteiger partial charge < -0.3 is 0 Å². The molecule has 0 aliphatic heterocycles. The molecule has 0 aromatic heterocycles. The van der Waals surface area contributed by atoms with E-state index in [2.05, 4.69) is 0 Å². The van der Waals surface area contributed by atoms with E-state index in [4.69, 9.17) is 0 Å². The fourth-order valence-electron chi connectivity index (χ4n) is 1.57. The zero-order chi connectivity index (χ0) is 15.6. The second-order valence-corrected chi connectivity index (χ2v) is 5.88. The Labute approximate surface area is 118 Å². The number of hydrogen-bond donors (Lipinski definition) is 1. The topological polar surface area (TPSA) is 46.2 Å². The summed E-state index contributed by atoms with van der Waals surface area (Å²) in [6, 6.07) is 5.58. The van der Waals surface area contributed by atoms with Gasteiger partial charge in [-0.05, 0) is 30.3 Å². The maximum atomic E-state index is 13.4. The maximum Gasteiger partial charge on any atom is 0.240 e. The van der Waals surface area contributed by atoms with Gasteiger partial charge in [0.15, 0.2) is 17.5 Å². The molecule has 2 rings (SSSR count). The standard InChI is InChI=1S/C13H9F4NO2S/c14-9-2-4-10(5-3-9)21(19,20)18-7-8-1-6-11(15)13(17)12(8)16/h1-6,18H,7H2. The van der Waals surface area contributed by atoms with Crippen LogP contribution in [0.4, 0.5) is 17.6 Å². The molecular formula is C13H9F4NO2S. The quantitative estimate of drug-likeness (QED) is 0.696. The molecule has 3 nitrogen and oxygen atoms in total. The maximum absolute atomic E-state index is 13.4. The van der Waals surface area contributed by atoms with Gasteiger partial charge in [-0.15, -0.1) is 0 Å². The van der Waals surface area contributed by atoms with Crippen LogP contribution in [0.2, 0.25) is 0 Å². The monoisotopic (exact) mass is 319 g/mol. The smallest absolute Gasteiger partial charge is 0.207 e. The van der Waals surface area contributed by atoms with E-state index in [1.165, 1.54) is 0 Å². The Morgan fingerprint density at radius 2 is 1.48 bits per heavy atom. The normalized spacial score (nSPS) is 11.6. The zero-order valence-corrected chi connectivity index (χ0v) is 11.2. The van der Waals surface area contributed by atoms with Gasteiger partial charge in [0.05, 0.1) is 4.90 Å². The summed E-state index contributed by atoms with van der Waals surface area (Å²) < 4.78 is 77.6. The minimum absolute atomic E-state index is 0.230. The number of halogens is 4. The molecule has 0 unspecified atom stereocenters. The molecule has 1 N–H and O–H groups in total. The summed E-state index contributed by atoms with van der Waals surface area (Å²) in [7, 11) is -4.01. The summed E-state index contributed by atoms with van der Waals surface area (Å²) in [5, 5.41) is 0. The van der Waals surface area contributed by atoms with Crippen molar-refractivity contribution in [1.29, 1.82) is 0 Å². The lowest BCUT2D eigenvalue weighted by Gasteiger charge is -2.08. The molecule has 0 aliphatic rings. The molecule has 0 atom stereocenters. The summed E-state index contributed by atoms with van der Waals surface area (Å²) in [5.74, 6) is -5.11. The first kappa shape index (κ1) is 15.5. The third-order valence-electron chi connectivity index (χ3n) is 2.69. The van der Waals surface area contributed by atoms with E-state index in [1.807, 2.05) is 4.72 Å². The summed E-state index contributed by atoms with van der Waals surface area (Å²) >= 11 is 0. The highest BCUT2D eigenvalue weighted by molar-refractivity contribution is 7.89. The second kappa shape index (κ2) is 5.82. The van der Waals surface area contributed by atoms with E-state index in [0.29, 0.717) is 6.07 Å². The SMILES string of the molecule is O=S(=O)(NCc1ccc(F)c(F)c1F)c1ccc(F)cc1. The minimum atomic E-state index is -4.01. The molecule has 2 aromatic rings. The first-order valence-electron chi connectivity index (χ1n) is 5.69. The van der Waals surface area contributed by atoms with Gasteiger partial charge in [-0.2, -0.15) is 0 Å². The molecule has 0 saturated heterocycles. The van der Waals surface area contributed by atoms with E-state index >= 15 is 0 Å². The van der Waals surface area contributed by atoms with Crippen molar-refractivity contribution in [2.45, 2.75) is 11.4 Å². The van der Waals surface area contributed by atoms with Gasteiger partial charge in [0.25, 0.3) is 0 Å². The third-order valence-corrected chi connectivity index (χ3v) is 4.11. The predicted molar refractivity (Wildman–Crippen MR) is 66.7 cm³/mol. The molecule has 0 spiro atoms. The molecule has 0 aliphatic carbocycles. The first-order chi connectivity index (χ1) is 9.81. The van der Waals surface area contributed by atoms with Crippen molar-refractivity contribution >= 4 is 10.0 Å². The highest BCUT2D eigenvalue weighted by atomic mass is 32.2. The van der Waals surface area contributed by atoms with Crippen molar-refractivity contribution in [3.8, 4) is 0 Å². The fraction of sp³-hybridized carbons (Fsp3) is 0.0769. The Kier molecular flexibility index (Phi) is 4.29. The molecule has 0 bridgehead atoms. The van der Waals surface area contributed by atoms with Crippen molar-refractivity contribution in [2.24, 2.45) is 0 Å². The van der Waals surface area contributed by atoms with E-state index < -0.39 is 39.8 Å². The molecule has 112 valence electrons. The van der Waals surface area contributed by atoms with Gasteiger partial charge in [-0.25, -0.2) is 30.7 Å². The Balaban J connectivity index is 2.19. The van der Waals surface area contributed by atoms with E-state index in [9.17, 15) is 26.0 Å². The van der Waals surface area contributed by atoms with Crippen LogP contribution in [-0.4, -0.2) is 8.42 Å². The molecule has 0 fully saturated rings. The Morgan fingerprint density at radius 1 is 0.857 bits per heavy atom. The largest absolute Gasteiger partial charge is 0.240 e. The highest BCUT2D eigenvalue weighted by Gasteiger charge is 2.17. The van der Waals surface area contributed by atoms with Crippen molar-refractivity contribution in [3.63, 3.8) is 0 Å². The highest BCUT2D eigenvalue weighted by Crippen LogP contribution is 2.16. The van der Waals surface area contributed by atoms with Crippen LogP contribution >= 0.6 is 0 Å². The number of hydrogen-bond acceptors (Lipinski definition) is 2. The first-order valence-corrected chi connectivity index (χ1v) is 7.17. The van der Waals surface area contributed by atoms with Crippen molar-refractivity contribution in [3.05, 3.63) is 65.2 Å². The van der Waals surface area contributed by atoms with Crippen molar-refractivity contribution in [1.82, 2.24) is 4.72 Å². The van der Waals surface area contributed by atoms with Crippen LogP contribution < -0.4 is 4.72 Å². The summed E-state index contributed by atoms with van der Waals surface area (Å²) in [4.78, 5) is -0.230. The minimum Gasteiger partial charge on any atom is -0.207 e. The summed E-state index contributed by atoms with van der Waals surface area (Å²) in [6.07, 6.45) is 0. The predicted octanol–water partition coefficient (Wildman–Crippen LogP) is 2.72.